The molecule has 6 aliphatic rings. The number of nitrogens with one attached hydrogen (secondary N) is 4. The number of rotatable bonds is 34. The summed E-state index contributed by atoms with van der Waals surface area (Å²) in [5, 5.41) is 7.93. The van der Waals surface area contributed by atoms with Crippen molar-refractivity contribution in [2.24, 2.45) is 0 Å². The maximum atomic E-state index is 15.8. The van der Waals surface area contributed by atoms with Crippen molar-refractivity contribution in [3.05, 3.63) is 132 Å². The number of imide groups is 2. The van der Waals surface area contributed by atoms with E-state index in [0.717, 1.165) is 165 Å². The first kappa shape index (κ1) is 64.7. The standard InChI is InChI=1S/C74H90N4O10S2/c1-7-13-19-25-31-43-37-47-59-57(53(43)67(81)75-65(47)79)55-45(33-27-21-15-9-3)41-73(59,71(85)77-69(55)83)51-39-49-61(87-35-29-23-17-11-5)64-50(62(63(49)89-51)88-36-30-24-18-12-6)40-52(90-64)74-42-46(34-28-22-16-10-4)56(70(84)78-72(74)86)58-54-44(32-26-20-14-8-2)38-48(60(58)74)66(80)76-68(54)82/h37-42,55-56H,7-36H2,1-6H3,(H,75,79,81)(H,76,80,82)(H,77,83,85)(H,78,84,86). The Morgan fingerprint density at radius 2 is 0.744 bits per heavy atom. The van der Waals surface area contributed by atoms with Crippen LogP contribution in [0.1, 0.15) is 263 Å². The van der Waals surface area contributed by atoms with Crippen LogP contribution >= 0.6 is 22.7 Å². The van der Waals surface area contributed by atoms with Crippen LogP contribution < -0.4 is 42.3 Å². The minimum absolute atomic E-state index is 0.196. The molecule has 0 saturated heterocycles. The van der Waals surface area contributed by atoms with Gasteiger partial charge in [-0.2, -0.15) is 0 Å². The van der Waals surface area contributed by atoms with E-state index < -0.39 is 68.5 Å². The molecule has 14 nitrogen and oxygen atoms in total. The van der Waals surface area contributed by atoms with E-state index in [1.807, 2.05) is 24.3 Å². The first-order valence-electron chi connectivity index (χ1n) is 34.3. The van der Waals surface area contributed by atoms with Gasteiger partial charge < -0.3 is 9.47 Å². The van der Waals surface area contributed by atoms with Crippen molar-refractivity contribution in [2.75, 3.05) is 13.2 Å². The number of carbonyl (C=O) groups excluding carboxylic acids is 4. The number of hydrogen-bond acceptors (Lipinski definition) is 12. The summed E-state index contributed by atoms with van der Waals surface area (Å²) in [6.45, 7) is 13.5. The molecule has 0 fully saturated rings. The lowest BCUT2D eigenvalue weighted by Gasteiger charge is -2.35. The average Bonchev–Trinajstić information content (AvgIpc) is 1.48. The van der Waals surface area contributed by atoms with E-state index >= 15 is 19.2 Å². The topological polar surface area (TPSA) is 211 Å². The van der Waals surface area contributed by atoms with Gasteiger partial charge in [0.15, 0.2) is 0 Å². The van der Waals surface area contributed by atoms with Crippen LogP contribution in [0, 0.1) is 0 Å². The van der Waals surface area contributed by atoms with Crippen molar-refractivity contribution in [3.63, 3.8) is 0 Å². The zero-order valence-corrected chi connectivity index (χ0v) is 55.4. The molecule has 4 atom stereocenters. The number of benzene rings is 3. The van der Waals surface area contributed by atoms with Gasteiger partial charge in [-0.05, 0) is 122 Å². The monoisotopic (exact) mass is 1260 g/mol. The molecular weight excluding hydrogens is 1170 g/mol. The molecule has 2 aliphatic carbocycles. The van der Waals surface area contributed by atoms with Crippen LogP contribution in [0.4, 0.5) is 0 Å². The second-order valence-electron chi connectivity index (χ2n) is 26.0. The van der Waals surface area contributed by atoms with Crippen LogP contribution in [0.5, 0.6) is 11.5 Å². The maximum Gasteiger partial charge on any atom is 0.258 e. The third-order valence-electron chi connectivity index (χ3n) is 19.8. The fourth-order valence-electron chi connectivity index (χ4n) is 15.3. The molecule has 10 heterocycles. The van der Waals surface area contributed by atoms with E-state index in [0.29, 0.717) is 124 Å². The number of amides is 4. The van der Waals surface area contributed by atoms with Crippen molar-refractivity contribution in [1.29, 1.82) is 0 Å². The van der Waals surface area contributed by atoms with E-state index in [9.17, 15) is 19.2 Å². The molecule has 90 heavy (non-hydrogen) atoms. The van der Waals surface area contributed by atoms with Crippen LogP contribution in [0.25, 0.3) is 41.7 Å². The van der Waals surface area contributed by atoms with Crippen LogP contribution in [-0.4, -0.2) is 46.8 Å². The minimum Gasteiger partial charge on any atom is -0.491 e. The fraction of sp³-hybridized carbons (Fsp3) is 0.541. The first-order valence-corrected chi connectivity index (χ1v) is 35.9. The highest BCUT2D eigenvalue weighted by atomic mass is 32.1. The molecule has 15 rings (SSSR count). The Labute approximate surface area is 535 Å². The second kappa shape index (κ2) is 28.0. The van der Waals surface area contributed by atoms with E-state index in [-0.39, 0.29) is 10.8 Å². The van der Waals surface area contributed by atoms with Crippen molar-refractivity contribution >= 4 is 88.0 Å². The molecule has 8 bridgehead atoms. The van der Waals surface area contributed by atoms with Crippen LogP contribution in [0.3, 0.4) is 0 Å². The number of H-pyrrole nitrogens is 2. The molecule has 0 spiro atoms. The zero-order valence-electron chi connectivity index (χ0n) is 53.7. The van der Waals surface area contributed by atoms with Crippen molar-refractivity contribution in [2.45, 2.75) is 244 Å². The summed E-state index contributed by atoms with van der Waals surface area (Å²) in [6.07, 6.45) is 28.0. The quantitative estimate of drug-likeness (QED) is 0.0170. The number of fused-ring (bicyclic) bond motifs is 12. The van der Waals surface area contributed by atoms with Gasteiger partial charge in [-0.3, -0.25) is 59.0 Å². The summed E-state index contributed by atoms with van der Waals surface area (Å²) >= 11 is 2.67. The Morgan fingerprint density at radius 3 is 1.10 bits per heavy atom. The van der Waals surface area contributed by atoms with Gasteiger partial charge in [0.1, 0.15) is 22.3 Å². The normalized spacial score (nSPS) is 19.4. The summed E-state index contributed by atoms with van der Waals surface area (Å²) in [4.78, 5) is 127. The number of aromatic nitrogens is 2. The number of ether oxygens (including phenoxy) is 2. The molecule has 9 aromatic rings. The molecule has 4 aliphatic heterocycles. The molecule has 6 aromatic heterocycles. The van der Waals surface area contributed by atoms with Crippen LogP contribution in [-0.2, 0) is 42.8 Å². The molecule has 16 heteroatoms. The number of aryl methyl sites for hydroxylation is 2. The van der Waals surface area contributed by atoms with Crippen LogP contribution in [0.2, 0.25) is 0 Å². The summed E-state index contributed by atoms with van der Waals surface area (Å²) in [5.41, 5.74) is -1.48. The Hall–Kier alpha value is -6.78. The summed E-state index contributed by atoms with van der Waals surface area (Å²) < 4.78 is 15.6. The van der Waals surface area contributed by atoms with Gasteiger partial charge in [0.2, 0.25) is 23.6 Å². The summed E-state index contributed by atoms with van der Waals surface area (Å²) in [6, 6.07) is 7.52. The highest BCUT2D eigenvalue weighted by Gasteiger charge is 2.57. The lowest BCUT2D eigenvalue weighted by molar-refractivity contribution is -0.133. The van der Waals surface area contributed by atoms with Gasteiger partial charge in [0.25, 0.3) is 22.2 Å². The van der Waals surface area contributed by atoms with E-state index in [4.69, 9.17) is 9.47 Å². The summed E-state index contributed by atoms with van der Waals surface area (Å²) in [7, 11) is 0. The predicted octanol–water partition coefficient (Wildman–Crippen LogP) is 15.4. The van der Waals surface area contributed by atoms with Crippen molar-refractivity contribution < 1.29 is 28.7 Å². The van der Waals surface area contributed by atoms with Gasteiger partial charge in [-0.25, -0.2) is 0 Å². The highest BCUT2D eigenvalue weighted by molar-refractivity contribution is 7.22. The van der Waals surface area contributed by atoms with E-state index in [2.05, 4.69) is 62.1 Å². The Balaban J connectivity index is 1.21. The number of unbranched alkanes of at least 4 members (excludes halogenated alkanes) is 18. The Bertz CT molecular complexity index is 3870. The molecule has 4 N–H and O–H groups in total. The van der Waals surface area contributed by atoms with Gasteiger partial charge >= 0.3 is 0 Å². The zero-order chi connectivity index (χ0) is 63.4. The molecule has 0 radical (unpaired) electrons. The largest absolute Gasteiger partial charge is 0.491 e. The Kier molecular flexibility index (Phi) is 20.1. The lowest BCUT2D eigenvalue weighted by Crippen LogP contribution is -2.43. The van der Waals surface area contributed by atoms with Crippen molar-refractivity contribution in [3.8, 4) is 11.5 Å². The van der Waals surface area contributed by atoms with Crippen LogP contribution in [0.15, 0.2) is 66.7 Å². The lowest BCUT2D eigenvalue weighted by atomic mass is 9.65. The molecule has 4 unspecified atom stereocenters. The third kappa shape index (κ3) is 11.5. The van der Waals surface area contributed by atoms with Crippen molar-refractivity contribution in [1.82, 2.24) is 20.6 Å². The first-order chi connectivity index (χ1) is 43.7. The molecule has 478 valence electrons. The molecule has 0 saturated carbocycles. The highest BCUT2D eigenvalue weighted by Crippen LogP contribution is 2.60. The third-order valence-corrected chi connectivity index (χ3v) is 22.3. The molecular formula is C74H90N4O10S2. The second-order valence-corrected chi connectivity index (χ2v) is 28.1. The van der Waals surface area contributed by atoms with E-state index in [1.54, 1.807) is 12.1 Å². The smallest absolute Gasteiger partial charge is 0.258 e. The van der Waals surface area contributed by atoms with Gasteiger partial charge in [-0.1, -0.05) is 180 Å². The number of hydrogen-bond donors (Lipinski definition) is 4. The SMILES string of the molecule is CCCCCCOc1c2cc(C34C=C(CCCCCC)C(C(=O)NC3=O)c3c4c4cc(CCCCCC)c3c(=O)[nH]c4=O)sc2c(OCCCCCC)c2cc(C34C=C(CCCCCC)C(C(=O)NC3=O)c3c4c4cc(CCCCCC)c3c(=O)[nH]c4=O)sc12. The Morgan fingerprint density at radius 1 is 0.400 bits per heavy atom. The average molecular weight is 1260 g/mol. The fourth-order valence-corrected chi connectivity index (χ4v) is 18.0. The molecule has 4 amide bonds. The van der Waals surface area contributed by atoms with Gasteiger partial charge in [0.05, 0.1) is 34.4 Å². The number of carbonyl (C=O) groups is 4. The van der Waals surface area contributed by atoms with E-state index in [1.165, 1.54) is 22.7 Å². The number of thiophene rings is 2. The minimum atomic E-state index is -1.76. The van der Waals surface area contributed by atoms with Gasteiger partial charge in [-0.15, -0.1) is 22.7 Å². The predicted molar refractivity (Wildman–Crippen MR) is 363 cm³/mol. The number of aromatic amines is 2. The maximum absolute atomic E-state index is 15.8. The molecule has 3 aromatic carbocycles. The van der Waals surface area contributed by atoms with Gasteiger partial charge in [0, 0.05) is 42.1 Å². The summed E-state index contributed by atoms with van der Waals surface area (Å²) in [5.74, 6) is -3.22.